The fourth-order valence-corrected chi connectivity index (χ4v) is 2.85. The van der Waals surface area contributed by atoms with Gasteiger partial charge in [0, 0.05) is 50.4 Å². The Balaban J connectivity index is 0.00000420. The molecule has 2 rings (SSSR count). The smallest absolute Gasteiger partial charge is 0.549 e. The molecule has 0 aromatic heterocycles. The van der Waals surface area contributed by atoms with E-state index in [1.807, 2.05) is 0 Å². The molecule has 0 atom stereocenters. The predicted molar refractivity (Wildman–Crippen MR) is 96.8 cm³/mol. The Morgan fingerprint density at radius 2 is 1.03 bits per heavy atom. The van der Waals surface area contributed by atoms with E-state index in [-0.39, 0.29) is 110 Å². The molecule has 2 N–H and O–H groups in total. The van der Waals surface area contributed by atoms with Crippen molar-refractivity contribution in [1.29, 1.82) is 0 Å². The molecule has 0 aliphatic heterocycles. The molecule has 0 unspecified atom stereocenters. The van der Waals surface area contributed by atoms with Crippen LogP contribution >= 0.6 is 0 Å². The number of carbonyl (C=O) groups is 2. The Morgan fingerprint density at radius 1 is 0.700 bits per heavy atom. The zero-order chi connectivity index (χ0) is 20.5. The molecule has 0 aliphatic rings. The number of carbonyl (C=O) groups excluding carboxylic acids is 2. The van der Waals surface area contributed by atoms with Gasteiger partial charge in [-0.25, -0.2) is 0 Å². The normalized spacial score (nSPS) is 10.3. The molecule has 10 heteroatoms. The summed E-state index contributed by atoms with van der Waals surface area (Å²) in [6.07, 6.45) is 0. The molecular formula is C20H22N2Na2O6. The average Bonchev–Trinajstić information content (AvgIpc) is 2.62. The summed E-state index contributed by atoms with van der Waals surface area (Å²) in [6.45, 7) is 0.00729. The van der Waals surface area contributed by atoms with E-state index >= 15 is 0 Å². The number of carboxylic acids is 2. The van der Waals surface area contributed by atoms with Crippen molar-refractivity contribution in [2.75, 3.05) is 26.2 Å². The number of hydrogen-bond donors (Lipinski definition) is 2. The van der Waals surface area contributed by atoms with Crippen LogP contribution in [-0.4, -0.2) is 58.1 Å². The minimum atomic E-state index is -1.28. The van der Waals surface area contributed by atoms with Crippen LogP contribution in [0.1, 0.15) is 11.1 Å². The molecule has 0 bridgehead atoms. The third kappa shape index (κ3) is 10.3. The molecule has 30 heavy (non-hydrogen) atoms. The quantitative estimate of drug-likeness (QED) is 0.336. The Hall–Kier alpha value is -1.10. The van der Waals surface area contributed by atoms with Crippen molar-refractivity contribution in [3.8, 4) is 11.5 Å². The van der Waals surface area contributed by atoms with Crippen molar-refractivity contribution in [2.24, 2.45) is 0 Å². The second-order valence-electron chi connectivity index (χ2n) is 6.42. The van der Waals surface area contributed by atoms with E-state index in [9.17, 15) is 30.0 Å². The second kappa shape index (κ2) is 14.8. The van der Waals surface area contributed by atoms with Gasteiger partial charge in [-0.1, -0.05) is 36.4 Å². The first-order chi connectivity index (χ1) is 13.3. The molecule has 0 spiro atoms. The van der Waals surface area contributed by atoms with E-state index in [4.69, 9.17) is 0 Å². The fraction of sp³-hybridized carbons (Fsp3) is 0.300. The second-order valence-corrected chi connectivity index (χ2v) is 6.42. The molecule has 2 aromatic rings. The maximum Gasteiger partial charge on any atom is 1.00 e. The van der Waals surface area contributed by atoms with Crippen molar-refractivity contribution < 1.29 is 89.1 Å². The maximum atomic E-state index is 11.1. The molecule has 0 aliphatic carbocycles. The number of phenolic OH excluding ortho intramolecular Hbond substituents is 2. The van der Waals surface area contributed by atoms with E-state index in [0.29, 0.717) is 11.1 Å². The van der Waals surface area contributed by atoms with Crippen LogP contribution in [0.5, 0.6) is 11.5 Å². The number of carboxylic acid groups (broad SMARTS) is 2. The summed E-state index contributed by atoms with van der Waals surface area (Å²) in [7, 11) is 0. The summed E-state index contributed by atoms with van der Waals surface area (Å²) >= 11 is 0. The van der Waals surface area contributed by atoms with E-state index in [0.717, 1.165) is 0 Å². The molecule has 2 aromatic carbocycles. The first-order valence-corrected chi connectivity index (χ1v) is 8.73. The first kappa shape index (κ1) is 28.9. The van der Waals surface area contributed by atoms with Crippen LogP contribution in [0.25, 0.3) is 0 Å². The van der Waals surface area contributed by atoms with Gasteiger partial charge in [-0.05, 0) is 12.1 Å². The van der Waals surface area contributed by atoms with Gasteiger partial charge in [0.25, 0.3) is 0 Å². The zero-order valence-corrected chi connectivity index (χ0v) is 21.3. The van der Waals surface area contributed by atoms with Crippen LogP contribution in [0.2, 0.25) is 0 Å². The Bertz CT molecular complexity index is 754. The summed E-state index contributed by atoms with van der Waals surface area (Å²) in [4.78, 5) is 25.2. The molecule has 0 heterocycles. The van der Waals surface area contributed by atoms with E-state index in [1.54, 1.807) is 36.4 Å². The van der Waals surface area contributed by atoms with Gasteiger partial charge in [-0.2, -0.15) is 0 Å². The molecule has 150 valence electrons. The van der Waals surface area contributed by atoms with Crippen LogP contribution < -0.4 is 69.3 Å². The van der Waals surface area contributed by atoms with Crippen LogP contribution in [0.3, 0.4) is 0 Å². The summed E-state index contributed by atoms with van der Waals surface area (Å²) in [5.74, 6) is -2.46. The van der Waals surface area contributed by atoms with Crippen LogP contribution in [-0.2, 0) is 22.7 Å². The van der Waals surface area contributed by atoms with Crippen molar-refractivity contribution >= 4 is 11.9 Å². The topological polar surface area (TPSA) is 127 Å². The zero-order valence-electron chi connectivity index (χ0n) is 17.3. The summed E-state index contributed by atoms with van der Waals surface area (Å²) < 4.78 is 0. The van der Waals surface area contributed by atoms with Crippen LogP contribution in [0, 0.1) is 0 Å². The average molecular weight is 432 g/mol. The number of phenols is 2. The van der Waals surface area contributed by atoms with Gasteiger partial charge in [0.15, 0.2) is 0 Å². The van der Waals surface area contributed by atoms with Gasteiger partial charge in [-0.15, -0.1) is 0 Å². The van der Waals surface area contributed by atoms with Crippen molar-refractivity contribution in [3.63, 3.8) is 0 Å². The van der Waals surface area contributed by atoms with Crippen molar-refractivity contribution in [2.45, 2.75) is 13.1 Å². The van der Waals surface area contributed by atoms with Gasteiger partial charge in [-0.3, -0.25) is 9.80 Å². The first-order valence-electron chi connectivity index (χ1n) is 8.73. The number of hydrogen-bond acceptors (Lipinski definition) is 8. The monoisotopic (exact) mass is 432 g/mol. The van der Waals surface area contributed by atoms with Crippen LogP contribution in [0.4, 0.5) is 0 Å². The van der Waals surface area contributed by atoms with E-state index in [1.165, 1.54) is 21.9 Å². The third-order valence-corrected chi connectivity index (χ3v) is 4.21. The van der Waals surface area contributed by atoms with Crippen molar-refractivity contribution in [3.05, 3.63) is 59.7 Å². The largest absolute Gasteiger partial charge is 1.00 e. The molecule has 8 nitrogen and oxygen atoms in total. The molecule has 0 fully saturated rings. The SMILES string of the molecule is O=C([O-])CN(CCN(CC(=O)[O-])Cc1ccccc1O)Cc1ccccc1O.[Na+].[Na+]. The number of aromatic hydroxyl groups is 2. The number of aliphatic carboxylic acids is 2. The van der Waals surface area contributed by atoms with Gasteiger partial charge in [0.2, 0.25) is 0 Å². The molecule has 0 saturated carbocycles. The summed E-state index contributed by atoms with van der Waals surface area (Å²) in [5, 5.41) is 42.0. The van der Waals surface area contributed by atoms with Crippen LogP contribution in [0.15, 0.2) is 48.5 Å². The van der Waals surface area contributed by atoms with Gasteiger partial charge in [0.05, 0.1) is 11.9 Å². The van der Waals surface area contributed by atoms with Gasteiger partial charge >= 0.3 is 59.1 Å². The number of benzene rings is 2. The van der Waals surface area contributed by atoms with E-state index < -0.39 is 11.9 Å². The minimum Gasteiger partial charge on any atom is -0.549 e. The number of rotatable bonds is 11. The number of para-hydroxylation sites is 2. The summed E-state index contributed by atoms with van der Waals surface area (Å²) in [5.41, 5.74) is 1.10. The predicted octanol–water partition coefficient (Wildman–Crippen LogP) is -7.09. The minimum absolute atomic E-state index is 0. The standard InChI is InChI=1S/C20H24N2O6.2Na/c23-17-7-3-1-5-15(17)11-21(13-19(25)26)9-10-22(14-20(27)28)12-16-6-2-4-8-18(16)24;;/h1-8,23-24H,9-14H2,(H,25,26)(H,27,28);;/q;2*+1/p-2. The summed E-state index contributed by atoms with van der Waals surface area (Å²) in [6, 6.07) is 13.2. The molecule has 0 saturated heterocycles. The number of nitrogens with zero attached hydrogens (tertiary/aromatic N) is 2. The molecule has 0 radical (unpaired) electrons. The molecular weight excluding hydrogens is 410 g/mol. The third-order valence-electron chi connectivity index (χ3n) is 4.21. The maximum absolute atomic E-state index is 11.1. The Labute approximate surface area is 219 Å². The molecule has 0 amide bonds. The van der Waals surface area contributed by atoms with E-state index in [2.05, 4.69) is 0 Å². The van der Waals surface area contributed by atoms with Gasteiger partial charge in [0.1, 0.15) is 11.5 Å². The Kier molecular flexibility index (Phi) is 14.3. The fourth-order valence-electron chi connectivity index (χ4n) is 2.85. The van der Waals surface area contributed by atoms with Gasteiger partial charge < -0.3 is 30.0 Å². The van der Waals surface area contributed by atoms with Crippen molar-refractivity contribution in [1.82, 2.24) is 9.80 Å². The Morgan fingerprint density at radius 3 is 1.33 bits per heavy atom.